The van der Waals surface area contributed by atoms with Crippen LogP contribution in [0.1, 0.15) is 6.92 Å². The number of hydrogen-bond donors (Lipinski definition) is 9. The first kappa shape index (κ1) is 31.7. The first-order valence-corrected chi connectivity index (χ1v) is 13.4. The van der Waals surface area contributed by atoms with Gasteiger partial charge in [0.25, 0.3) is 0 Å². The second-order valence-electron chi connectivity index (χ2n) is 10.4. The second-order valence-corrected chi connectivity index (χ2v) is 10.4. The van der Waals surface area contributed by atoms with Crippen LogP contribution < -0.4 is 14.9 Å². The lowest BCUT2D eigenvalue weighted by atomic mass is 9.97. The van der Waals surface area contributed by atoms with Crippen LogP contribution in [0.4, 0.5) is 0 Å². The maximum absolute atomic E-state index is 13.9. The van der Waals surface area contributed by atoms with Crippen molar-refractivity contribution in [2.24, 2.45) is 0 Å². The van der Waals surface area contributed by atoms with E-state index in [0.717, 1.165) is 18.2 Å². The van der Waals surface area contributed by atoms with Crippen molar-refractivity contribution in [2.45, 2.75) is 68.3 Å². The van der Waals surface area contributed by atoms with Crippen molar-refractivity contribution < 1.29 is 74.1 Å². The fourth-order valence-corrected chi connectivity index (χ4v) is 5.03. The van der Waals surface area contributed by atoms with E-state index >= 15 is 0 Å². The number of methoxy groups -OCH3 is 1. The van der Waals surface area contributed by atoms with Crippen LogP contribution in [0.3, 0.4) is 0 Å². The fraction of sp³-hybridized carbons (Fsp3) is 0.464. The van der Waals surface area contributed by atoms with Crippen LogP contribution in [0.5, 0.6) is 28.7 Å². The fourth-order valence-electron chi connectivity index (χ4n) is 5.03. The number of fused-ring (bicyclic) bond motifs is 1. The molecule has 5 unspecified atom stereocenters. The molecule has 2 aliphatic rings. The number of aliphatic hydroxyl groups is 6. The molecular weight excluding hydrogens is 592 g/mol. The van der Waals surface area contributed by atoms with Crippen molar-refractivity contribution in [1.82, 2.24) is 0 Å². The number of aliphatic hydroxyl groups excluding tert-OH is 6. The summed E-state index contributed by atoms with van der Waals surface area (Å²) in [6.07, 6.45) is -16.5. The zero-order valence-electron chi connectivity index (χ0n) is 23.3. The van der Waals surface area contributed by atoms with E-state index in [9.17, 15) is 50.8 Å². The highest BCUT2D eigenvalue weighted by atomic mass is 16.8. The third-order valence-corrected chi connectivity index (χ3v) is 7.54. The van der Waals surface area contributed by atoms with Crippen LogP contribution in [-0.4, -0.2) is 121 Å². The van der Waals surface area contributed by atoms with Crippen molar-refractivity contribution >= 4 is 11.0 Å². The van der Waals surface area contributed by atoms with Gasteiger partial charge in [0.2, 0.25) is 17.5 Å². The largest absolute Gasteiger partial charge is 0.507 e. The number of phenolic OH excluding ortho intramolecular Hbond substituents is 3. The van der Waals surface area contributed by atoms with Crippen molar-refractivity contribution in [3.05, 3.63) is 40.6 Å². The zero-order valence-corrected chi connectivity index (χ0v) is 23.3. The Balaban J connectivity index is 1.63. The van der Waals surface area contributed by atoms with E-state index in [1.54, 1.807) is 0 Å². The number of aromatic hydroxyl groups is 3. The van der Waals surface area contributed by atoms with Gasteiger partial charge in [0.05, 0.1) is 19.8 Å². The van der Waals surface area contributed by atoms with Gasteiger partial charge in [-0.05, 0) is 25.1 Å². The molecule has 240 valence electrons. The normalized spacial score (nSPS) is 32.5. The predicted octanol–water partition coefficient (Wildman–Crippen LogP) is -1.38. The van der Waals surface area contributed by atoms with Gasteiger partial charge in [0.15, 0.2) is 29.7 Å². The van der Waals surface area contributed by atoms with Gasteiger partial charge in [0, 0.05) is 17.7 Å². The van der Waals surface area contributed by atoms with Crippen LogP contribution in [0.15, 0.2) is 39.5 Å². The molecular formula is C28H32O16. The third-order valence-electron chi connectivity index (χ3n) is 7.54. The van der Waals surface area contributed by atoms with E-state index in [2.05, 4.69) is 0 Å². The molecule has 2 fully saturated rings. The first-order chi connectivity index (χ1) is 20.9. The highest BCUT2D eigenvalue weighted by Gasteiger charge is 2.51. The standard InChI is InChI=1S/C28H32O16/c1-9-18(33)21(36)23(38)27(40-9)44-26-22(37)19(34)16(8-29)42-28(26)43-25-20(35)17-14(32)6-11(39-2)7-15(17)41-24(25)10-3-4-12(30)13(31)5-10/h3-7,9,16,18-19,21-23,26-34,36-38H,8H2,1-2H3/t9?,16-,18+,19?,21?,22+,23?,26?,27+,28+/m1/s1. The molecule has 3 heterocycles. The van der Waals surface area contributed by atoms with Gasteiger partial charge in [-0.3, -0.25) is 4.79 Å². The number of rotatable bonds is 7. The number of benzene rings is 2. The van der Waals surface area contributed by atoms with Crippen molar-refractivity contribution in [3.63, 3.8) is 0 Å². The molecule has 0 amide bonds. The van der Waals surface area contributed by atoms with Gasteiger partial charge < -0.3 is 74.1 Å². The second kappa shape index (κ2) is 12.4. The Morgan fingerprint density at radius 1 is 0.818 bits per heavy atom. The van der Waals surface area contributed by atoms with Gasteiger partial charge >= 0.3 is 0 Å². The molecule has 9 N–H and O–H groups in total. The maximum atomic E-state index is 13.9. The van der Waals surface area contributed by atoms with Crippen LogP contribution in [0, 0.1) is 0 Å². The Kier molecular flexibility index (Phi) is 8.90. The molecule has 16 nitrogen and oxygen atoms in total. The smallest absolute Gasteiger partial charge is 0.239 e. The molecule has 0 saturated carbocycles. The van der Waals surface area contributed by atoms with E-state index in [1.165, 1.54) is 26.2 Å². The van der Waals surface area contributed by atoms with Crippen molar-refractivity contribution in [3.8, 4) is 40.1 Å². The number of phenols is 3. The molecule has 3 aromatic rings. The molecule has 0 bridgehead atoms. The summed E-state index contributed by atoms with van der Waals surface area (Å²) < 4.78 is 33.7. The lowest BCUT2D eigenvalue weighted by molar-refractivity contribution is -0.354. The number of hydrogen-bond acceptors (Lipinski definition) is 16. The SMILES string of the molecule is COc1cc(O)c2c(=O)c(O[C@@H]3O[C@H](CO)C(O)[C@H](O)C3O[C@@H]3OC(C)[C@H](O)C(O)C3O)c(-c3ccc(O)c(O)c3)oc2c1. The molecule has 0 aliphatic carbocycles. The van der Waals surface area contributed by atoms with Crippen molar-refractivity contribution in [1.29, 1.82) is 0 Å². The average Bonchev–Trinajstić information content (AvgIpc) is 3.00. The quantitative estimate of drug-likeness (QED) is 0.137. The Hall–Kier alpha value is -3.71. The summed E-state index contributed by atoms with van der Waals surface area (Å²) in [6.45, 7) is 0.566. The molecule has 16 heteroatoms. The monoisotopic (exact) mass is 624 g/mol. The van der Waals surface area contributed by atoms with E-state index in [1.807, 2.05) is 0 Å². The predicted molar refractivity (Wildman–Crippen MR) is 145 cm³/mol. The summed E-state index contributed by atoms with van der Waals surface area (Å²) in [4.78, 5) is 13.9. The molecule has 2 aliphatic heterocycles. The minimum Gasteiger partial charge on any atom is -0.507 e. The summed E-state index contributed by atoms with van der Waals surface area (Å²) in [7, 11) is 1.32. The van der Waals surface area contributed by atoms with Gasteiger partial charge in [-0.25, -0.2) is 0 Å². The molecule has 10 atom stereocenters. The summed E-state index contributed by atoms with van der Waals surface area (Å²) >= 11 is 0. The topological polar surface area (TPSA) is 258 Å². The van der Waals surface area contributed by atoms with E-state index < -0.39 is 96.4 Å². The summed E-state index contributed by atoms with van der Waals surface area (Å²) in [5.41, 5.74) is -1.14. The Morgan fingerprint density at radius 3 is 2.20 bits per heavy atom. The molecule has 1 aromatic heterocycles. The third kappa shape index (κ3) is 5.63. The van der Waals surface area contributed by atoms with E-state index in [0.29, 0.717) is 0 Å². The molecule has 2 aromatic carbocycles. The van der Waals surface area contributed by atoms with E-state index in [4.69, 9.17) is 28.1 Å². The molecule has 0 spiro atoms. The van der Waals surface area contributed by atoms with Gasteiger partial charge in [-0.15, -0.1) is 0 Å². The lowest BCUT2D eigenvalue weighted by Gasteiger charge is -2.45. The molecule has 2 saturated heterocycles. The van der Waals surface area contributed by atoms with Crippen LogP contribution in [0.2, 0.25) is 0 Å². The van der Waals surface area contributed by atoms with Crippen LogP contribution in [-0.2, 0) is 14.2 Å². The summed E-state index contributed by atoms with van der Waals surface area (Å²) in [6, 6.07) is 5.88. The van der Waals surface area contributed by atoms with Crippen LogP contribution in [0.25, 0.3) is 22.3 Å². The van der Waals surface area contributed by atoms with Gasteiger partial charge in [-0.1, -0.05) is 0 Å². The van der Waals surface area contributed by atoms with E-state index in [-0.39, 0.29) is 28.0 Å². The minimum atomic E-state index is -1.90. The Morgan fingerprint density at radius 2 is 1.55 bits per heavy atom. The highest BCUT2D eigenvalue weighted by molar-refractivity contribution is 5.88. The number of ether oxygens (including phenoxy) is 5. The Labute approximate surface area is 248 Å². The molecule has 5 rings (SSSR count). The molecule has 0 radical (unpaired) electrons. The first-order valence-electron chi connectivity index (χ1n) is 13.4. The maximum Gasteiger partial charge on any atom is 0.239 e. The average molecular weight is 625 g/mol. The summed E-state index contributed by atoms with van der Waals surface area (Å²) in [5, 5.41) is 92.3. The molecule has 44 heavy (non-hydrogen) atoms. The van der Waals surface area contributed by atoms with Gasteiger partial charge in [0.1, 0.15) is 59.1 Å². The minimum absolute atomic E-state index is 0.00106. The zero-order chi connectivity index (χ0) is 32.0. The van der Waals surface area contributed by atoms with Crippen molar-refractivity contribution in [2.75, 3.05) is 13.7 Å². The summed E-state index contributed by atoms with van der Waals surface area (Å²) in [5.74, 6) is -2.51. The Bertz CT molecular complexity index is 1560. The van der Waals surface area contributed by atoms with Gasteiger partial charge in [-0.2, -0.15) is 0 Å². The lowest BCUT2D eigenvalue weighted by Crippen LogP contribution is -2.64. The van der Waals surface area contributed by atoms with Crippen LogP contribution >= 0.6 is 0 Å². The highest BCUT2D eigenvalue weighted by Crippen LogP contribution is 2.40.